The number of ether oxygens (including phenoxy) is 1. The van der Waals surface area contributed by atoms with Crippen molar-refractivity contribution in [3.8, 4) is 0 Å². The molecule has 0 spiro atoms. The number of hydrogen-bond donors (Lipinski definition) is 1. The minimum atomic E-state index is 0.409. The largest absolute Gasteiger partial charge is 0.385 e. The molecule has 2 nitrogen and oxygen atoms in total. The maximum atomic E-state index is 5.08. The van der Waals surface area contributed by atoms with Gasteiger partial charge in [0.05, 0.1) is 0 Å². The van der Waals surface area contributed by atoms with Crippen LogP contribution in [-0.2, 0) is 4.74 Å². The van der Waals surface area contributed by atoms with Crippen molar-refractivity contribution in [1.29, 1.82) is 0 Å². The first-order valence-electron chi connectivity index (χ1n) is 5.60. The number of methoxy groups -OCH3 is 1. The van der Waals surface area contributed by atoms with Crippen LogP contribution in [0.15, 0.2) is 22.7 Å². The first kappa shape index (κ1) is 13.7. The molecule has 0 radical (unpaired) electrons. The van der Waals surface area contributed by atoms with Crippen molar-refractivity contribution < 1.29 is 4.74 Å². The average molecular weight is 286 g/mol. The lowest BCUT2D eigenvalue weighted by atomic mass is 10.0. The van der Waals surface area contributed by atoms with E-state index >= 15 is 0 Å². The summed E-state index contributed by atoms with van der Waals surface area (Å²) < 4.78 is 6.23. The topological polar surface area (TPSA) is 21.3 Å². The molecule has 0 aromatic heterocycles. The SMILES string of the molecule is CNC(CCCOC)c1cc(C)cc(Br)c1. The molecule has 0 saturated carbocycles. The van der Waals surface area contributed by atoms with Crippen molar-refractivity contribution >= 4 is 15.9 Å². The summed E-state index contributed by atoms with van der Waals surface area (Å²) in [6.45, 7) is 2.95. The molecule has 3 heteroatoms. The summed E-state index contributed by atoms with van der Waals surface area (Å²) in [5, 5.41) is 3.36. The Kier molecular flexibility index (Phi) is 6.03. The highest BCUT2D eigenvalue weighted by atomic mass is 79.9. The third-order valence-corrected chi connectivity index (χ3v) is 3.11. The van der Waals surface area contributed by atoms with Crippen molar-refractivity contribution in [2.45, 2.75) is 25.8 Å². The lowest BCUT2D eigenvalue weighted by Crippen LogP contribution is -2.17. The van der Waals surface area contributed by atoms with Crippen LogP contribution < -0.4 is 5.32 Å². The molecule has 0 amide bonds. The molecule has 16 heavy (non-hydrogen) atoms. The molecule has 0 aliphatic heterocycles. The van der Waals surface area contributed by atoms with Crippen LogP contribution in [0.4, 0.5) is 0 Å². The van der Waals surface area contributed by atoms with E-state index in [-0.39, 0.29) is 0 Å². The Balaban J connectivity index is 2.70. The van der Waals surface area contributed by atoms with Gasteiger partial charge in [-0.05, 0) is 50.1 Å². The van der Waals surface area contributed by atoms with Gasteiger partial charge in [0.2, 0.25) is 0 Å². The summed E-state index contributed by atoms with van der Waals surface area (Å²) in [5.41, 5.74) is 2.63. The minimum Gasteiger partial charge on any atom is -0.385 e. The molecular formula is C13H20BrNO. The second-order valence-electron chi connectivity index (χ2n) is 4.04. The average Bonchev–Trinajstić information content (AvgIpc) is 2.23. The number of rotatable bonds is 6. The standard InChI is InChI=1S/C13H20BrNO/c1-10-7-11(9-12(14)8-10)13(15-2)5-4-6-16-3/h7-9,13,15H,4-6H2,1-3H3. The molecule has 0 aliphatic rings. The molecule has 1 atom stereocenters. The van der Waals surface area contributed by atoms with Crippen LogP contribution in [-0.4, -0.2) is 20.8 Å². The third kappa shape index (κ3) is 4.24. The highest BCUT2D eigenvalue weighted by molar-refractivity contribution is 9.10. The lowest BCUT2D eigenvalue weighted by molar-refractivity contribution is 0.189. The van der Waals surface area contributed by atoms with Gasteiger partial charge in [0.1, 0.15) is 0 Å². The zero-order valence-electron chi connectivity index (χ0n) is 10.2. The number of nitrogens with one attached hydrogen (secondary N) is 1. The van der Waals surface area contributed by atoms with E-state index in [1.54, 1.807) is 7.11 Å². The van der Waals surface area contributed by atoms with Crippen molar-refractivity contribution in [3.63, 3.8) is 0 Å². The molecule has 0 bridgehead atoms. The van der Waals surface area contributed by atoms with Gasteiger partial charge in [0.25, 0.3) is 0 Å². The van der Waals surface area contributed by atoms with E-state index in [1.807, 2.05) is 7.05 Å². The fourth-order valence-corrected chi connectivity index (χ4v) is 2.50. The van der Waals surface area contributed by atoms with Gasteiger partial charge in [-0.15, -0.1) is 0 Å². The summed E-state index contributed by atoms with van der Waals surface area (Å²) in [7, 11) is 3.76. The first-order valence-corrected chi connectivity index (χ1v) is 6.40. The molecule has 1 unspecified atom stereocenters. The van der Waals surface area contributed by atoms with E-state index in [0.717, 1.165) is 23.9 Å². The maximum Gasteiger partial charge on any atom is 0.0462 e. The van der Waals surface area contributed by atoms with E-state index in [1.165, 1.54) is 11.1 Å². The van der Waals surface area contributed by atoms with Crippen LogP contribution in [0.25, 0.3) is 0 Å². The first-order chi connectivity index (χ1) is 7.67. The normalized spacial score (nSPS) is 12.8. The van der Waals surface area contributed by atoms with Gasteiger partial charge in [-0.3, -0.25) is 0 Å². The van der Waals surface area contributed by atoms with Crippen molar-refractivity contribution in [3.05, 3.63) is 33.8 Å². The quantitative estimate of drug-likeness (QED) is 0.809. The maximum absolute atomic E-state index is 5.08. The van der Waals surface area contributed by atoms with Crippen LogP contribution in [0, 0.1) is 6.92 Å². The zero-order valence-corrected chi connectivity index (χ0v) is 11.8. The molecule has 0 heterocycles. The third-order valence-electron chi connectivity index (χ3n) is 2.66. The van der Waals surface area contributed by atoms with Crippen LogP contribution in [0.2, 0.25) is 0 Å². The van der Waals surface area contributed by atoms with Crippen LogP contribution in [0.5, 0.6) is 0 Å². The Morgan fingerprint density at radius 1 is 1.38 bits per heavy atom. The highest BCUT2D eigenvalue weighted by Crippen LogP contribution is 2.23. The second kappa shape index (κ2) is 7.05. The van der Waals surface area contributed by atoms with Crippen molar-refractivity contribution in [2.24, 2.45) is 0 Å². The predicted octanol–water partition coefficient (Wildman–Crippen LogP) is 3.44. The number of hydrogen-bond acceptors (Lipinski definition) is 2. The molecule has 90 valence electrons. The molecule has 0 fully saturated rings. The van der Waals surface area contributed by atoms with E-state index in [9.17, 15) is 0 Å². The Bertz CT molecular complexity index is 307. The van der Waals surface area contributed by atoms with Gasteiger partial charge in [-0.25, -0.2) is 0 Å². The molecule has 1 aromatic carbocycles. The van der Waals surface area contributed by atoms with Gasteiger partial charge in [-0.1, -0.05) is 22.0 Å². The summed E-state index contributed by atoms with van der Waals surface area (Å²) in [5.74, 6) is 0. The van der Waals surface area contributed by atoms with Gasteiger partial charge < -0.3 is 10.1 Å². The van der Waals surface area contributed by atoms with Crippen LogP contribution in [0.1, 0.15) is 30.0 Å². The Morgan fingerprint density at radius 2 is 2.12 bits per heavy atom. The summed E-state index contributed by atoms with van der Waals surface area (Å²) in [6, 6.07) is 6.96. The highest BCUT2D eigenvalue weighted by Gasteiger charge is 2.09. The summed E-state index contributed by atoms with van der Waals surface area (Å²) in [4.78, 5) is 0. The Labute approximate surface area is 107 Å². The van der Waals surface area contributed by atoms with Crippen LogP contribution in [0.3, 0.4) is 0 Å². The number of halogens is 1. The summed E-state index contributed by atoms with van der Waals surface area (Å²) in [6.07, 6.45) is 2.17. The van der Waals surface area contributed by atoms with E-state index in [2.05, 4.69) is 46.4 Å². The molecule has 0 aliphatic carbocycles. The molecule has 1 N–H and O–H groups in total. The monoisotopic (exact) mass is 285 g/mol. The van der Waals surface area contributed by atoms with E-state index in [0.29, 0.717) is 6.04 Å². The van der Waals surface area contributed by atoms with Gasteiger partial charge in [0, 0.05) is 24.2 Å². The predicted molar refractivity (Wildman–Crippen MR) is 71.8 cm³/mol. The fourth-order valence-electron chi connectivity index (χ4n) is 1.88. The van der Waals surface area contributed by atoms with Gasteiger partial charge in [0.15, 0.2) is 0 Å². The summed E-state index contributed by atoms with van der Waals surface area (Å²) >= 11 is 3.54. The van der Waals surface area contributed by atoms with Crippen molar-refractivity contribution in [1.82, 2.24) is 5.32 Å². The number of aryl methyl sites for hydroxylation is 1. The van der Waals surface area contributed by atoms with E-state index < -0.39 is 0 Å². The molecule has 1 rings (SSSR count). The van der Waals surface area contributed by atoms with Crippen molar-refractivity contribution in [2.75, 3.05) is 20.8 Å². The zero-order chi connectivity index (χ0) is 12.0. The lowest BCUT2D eigenvalue weighted by Gasteiger charge is -2.17. The van der Waals surface area contributed by atoms with Gasteiger partial charge >= 0.3 is 0 Å². The molecule has 1 aromatic rings. The number of benzene rings is 1. The fraction of sp³-hybridized carbons (Fsp3) is 0.538. The Morgan fingerprint density at radius 3 is 2.69 bits per heavy atom. The van der Waals surface area contributed by atoms with Crippen LogP contribution >= 0.6 is 15.9 Å². The smallest absolute Gasteiger partial charge is 0.0462 e. The molecule has 0 saturated heterocycles. The minimum absolute atomic E-state index is 0.409. The second-order valence-corrected chi connectivity index (χ2v) is 4.95. The molecular weight excluding hydrogens is 266 g/mol. The van der Waals surface area contributed by atoms with Gasteiger partial charge in [-0.2, -0.15) is 0 Å². The van der Waals surface area contributed by atoms with E-state index in [4.69, 9.17) is 4.74 Å². The Hall–Kier alpha value is -0.380.